The van der Waals surface area contributed by atoms with E-state index >= 15 is 0 Å². The number of hydrogen-bond donors (Lipinski definition) is 0. The molecule has 3 aliphatic rings. The zero-order valence-electron chi connectivity index (χ0n) is 15.7. The largest absolute Gasteiger partial charge is 0.497 e. The topological polar surface area (TPSA) is 65.1 Å². The molecule has 0 aliphatic carbocycles. The minimum absolute atomic E-state index is 0.0810. The highest BCUT2D eigenvalue weighted by Gasteiger charge is 2.67. The average Bonchev–Trinajstić information content (AvgIpc) is 3.33. The Morgan fingerprint density at radius 3 is 2.78 bits per heavy atom. The summed E-state index contributed by atoms with van der Waals surface area (Å²) < 4.78 is 16.8. The summed E-state index contributed by atoms with van der Waals surface area (Å²) in [6, 6.07) is 7.34. The molecule has 27 heavy (non-hydrogen) atoms. The maximum Gasteiger partial charge on any atom is 0.312 e. The SMILES string of the molecule is CCCCCOC(=O)[C@@H]1[C@H]2C(=O)N(c3ccc(OC)cc3)C[C@@]23C=C[C@H]1O3. The standard InChI is InChI=1S/C21H25NO5/c1-3-4-5-12-26-20(24)17-16-10-11-21(27-16)13-22(19(23)18(17)21)14-6-8-15(25-2)9-7-14/h6-11,16-18H,3-5,12-13H2,1-2H3/t16-,17+,18+,21+/m1/s1. The number of nitrogens with zero attached hydrogens (tertiary/aromatic N) is 1. The van der Waals surface area contributed by atoms with E-state index in [4.69, 9.17) is 14.2 Å². The molecule has 1 amide bonds. The second kappa shape index (κ2) is 7.00. The van der Waals surface area contributed by atoms with Crippen molar-refractivity contribution in [2.24, 2.45) is 11.8 Å². The Bertz CT molecular complexity index is 758. The molecule has 2 fully saturated rings. The van der Waals surface area contributed by atoms with Crippen molar-refractivity contribution in [1.82, 2.24) is 0 Å². The summed E-state index contributed by atoms with van der Waals surface area (Å²) in [4.78, 5) is 27.6. The lowest BCUT2D eigenvalue weighted by atomic mass is 9.77. The van der Waals surface area contributed by atoms with Crippen molar-refractivity contribution in [3.63, 3.8) is 0 Å². The summed E-state index contributed by atoms with van der Waals surface area (Å²) >= 11 is 0. The van der Waals surface area contributed by atoms with Gasteiger partial charge in [0.1, 0.15) is 17.3 Å². The molecule has 1 spiro atoms. The van der Waals surface area contributed by atoms with Crippen LogP contribution in [0.3, 0.4) is 0 Å². The fourth-order valence-electron chi connectivity index (χ4n) is 4.37. The summed E-state index contributed by atoms with van der Waals surface area (Å²) in [5.41, 5.74) is 0.0505. The van der Waals surface area contributed by atoms with E-state index in [0.717, 1.165) is 30.7 Å². The second-order valence-electron chi connectivity index (χ2n) is 7.40. The third-order valence-electron chi connectivity index (χ3n) is 5.75. The number of hydrogen-bond acceptors (Lipinski definition) is 5. The van der Waals surface area contributed by atoms with Crippen LogP contribution in [0.15, 0.2) is 36.4 Å². The number of methoxy groups -OCH3 is 1. The molecular weight excluding hydrogens is 346 g/mol. The Balaban J connectivity index is 1.52. The van der Waals surface area contributed by atoms with Crippen molar-refractivity contribution < 1.29 is 23.8 Å². The number of unbranched alkanes of at least 4 members (excludes halogenated alkanes) is 2. The van der Waals surface area contributed by atoms with Crippen LogP contribution in [0, 0.1) is 11.8 Å². The first-order valence-electron chi connectivity index (χ1n) is 9.59. The maximum atomic E-state index is 13.2. The molecule has 0 saturated carbocycles. The lowest BCUT2D eigenvalue weighted by molar-refractivity contribution is -0.152. The van der Waals surface area contributed by atoms with Gasteiger partial charge in [-0.3, -0.25) is 9.59 Å². The summed E-state index contributed by atoms with van der Waals surface area (Å²) in [5.74, 6) is -0.755. The van der Waals surface area contributed by atoms with E-state index in [2.05, 4.69) is 6.92 Å². The second-order valence-corrected chi connectivity index (χ2v) is 7.40. The van der Waals surface area contributed by atoms with Crippen molar-refractivity contribution in [2.75, 3.05) is 25.2 Å². The van der Waals surface area contributed by atoms with Gasteiger partial charge in [-0.25, -0.2) is 0 Å². The van der Waals surface area contributed by atoms with Gasteiger partial charge in [-0.05, 0) is 30.7 Å². The normalized spacial score (nSPS) is 30.7. The summed E-state index contributed by atoms with van der Waals surface area (Å²) in [6.07, 6.45) is 6.42. The molecule has 6 nitrogen and oxygen atoms in total. The number of fused-ring (bicyclic) bond motifs is 1. The van der Waals surface area contributed by atoms with Crippen LogP contribution in [0.1, 0.15) is 26.2 Å². The molecule has 1 aromatic carbocycles. The lowest BCUT2D eigenvalue weighted by Crippen LogP contribution is -2.40. The van der Waals surface area contributed by atoms with Crippen LogP contribution in [0.4, 0.5) is 5.69 Å². The van der Waals surface area contributed by atoms with E-state index in [1.807, 2.05) is 36.4 Å². The smallest absolute Gasteiger partial charge is 0.312 e. The molecule has 0 aromatic heterocycles. The highest BCUT2D eigenvalue weighted by molar-refractivity contribution is 6.02. The van der Waals surface area contributed by atoms with E-state index in [9.17, 15) is 9.59 Å². The third-order valence-corrected chi connectivity index (χ3v) is 5.75. The van der Waals surface area contributed by atoms with Gasteiger partial charge in [-0.15, -0.1) is 0 Å². The van der Waals surface area contributed by atoms with E-state index in [0.29, 0.717) is 13.2 Å². The summed E-state index contributed by atoms with van der Waals surface area (Å²) in [5, 5.41) is 0. The fourth-order valence-corrected chi connectivity index (χ4v) is 4.37. The van der Waals surface area contributed by atoms with Gasteiger partial charge < -0.3 is 19.1 Å². The van der Waals surface area contributed by atoms with Crippen LogP contribution in [0.25, 0.3) is 0 Å². The van der Waals surface area contributed by atoms with Crippen LogP contribution >= 0.6 is 0 Å². The van der Waals surface area contributed by atoms with Crippen molar-refractivity contribution in [3.8, 4) is 5.75 Å². The van der Waals surface area contributed by atoms with E-state index in [1.165, 1.54) is 0 Å². The highest BCUT2D eigenvalue weighted by atomic mass is 16.6. The Morgan fingerprint density at radius 1 is 1.30 bits per heavy atom. The lowest BCUT2D eigenvalue weighted by Gasteiger charge is -2.22. The minimum atomic E-state index is -0.727. The molecule has 4 rings (SSSR count). The first kappa shape index (κ1) is 18.0. The average molecular weight is 371 g/mol. The Morgan fingerprint density at radius 2 is 2.07 bits per heavy atom. The van der Waals surface area contributed by atoms with Gasteiger partial charge in [0, 0.05) is 5.69 Å². The zero-order valence-corrected chi connectivity index (χ0v) is 15.7. The first-order valence-corrected chi connectivity index (χ1v) is 9.59. The predicted molar refractivity (Wildman–Crippen MR) is 99.6 cm³/mol. The number of esters is 1. The monoisotopic (exact) mass is 371 g/mol. The van der Waals surface area contributed by atoms with Gasteiger partial charge in [0.15, 0.2) is 0 Å². The Kier molecular flexibility index (Phi) is 4.68. The molecule has 3 heterocycles. The van der Waals surface area contributed by atoms with Crippen molar-refractivity contribution in [1.29, 1.82) is 0 Å². The van der Waals surface area contributed by atoms with E-state index in [1.54, 1.807) is 12.0 Å². The molecule has 0 unspecified atom stereocenters. The molecule has 3 aliphatic heterocycles. The predicted octanol–water partition coefficient (Wildman–Crippen LogP) is 2.72. The van der Waals surface area contributed by atoms with Gasteiger partial charge in [0.05, 0.1) is 32.3 Å². The molecule has 4 atom stereocenters. The zero-order chi connectivity index (χ0) is 19.0. The molecule has 6 heteroatoms. The maximum absolute atomic E-state index is 13.2. The van der Waals surface area contributed by atoms with Gasteiger partial charge in [0.25, 0.3) is 0 Å². The van der Waals surface area contributed by atoms with Crippen LogP contribution in [0.2, 0.25) is 0 Å². The van der Waals surface area contributed by atoms with E-state index in [-0.39, 0.29) is 18.0 Å². The van der Waals surface area contributed by atoms with Crippen molar-refractivity contribution in [2.45, 2.75) is 37.9 Å². The van der Waals surface area contributed by atoms with E-state index < -0.39 is 17.4 Å². The van der Waals surface area contributed by atoms with Crippen molar-refractivity contribution >= 4 is 17.6 Å². The van der Waals surface area contributed by atoms with Crippen LogP contribution in [-0.4, -0.2) is 43.8 Å². The number of carbonyl (C=O) groups is 2. The van der Waals surface area contributed by atoms with Crippen LogP contribution in [0.5, 0.6) is 5.75 Å². The van der Waals surface area contributed by atoms with Gasteiger partial charge in [-0.2, -0.15) is 0 Å². The first-order chi connectivity index (χ1) is 13.1. The number of benzene rings is 1. The summed E-state index contributed by atoms with van der Waals surface area (Å²) in [6.45, 7) is 2.91. The third kappa shape index (κ3) is 2.92. The van der Waals surface area contributed by atoms with Gasteiger partial charge >= 0.3 is 5.97 Å². The Hall–Kier alpha value is -2.34. The number of anilines is 1. The number of ether oxygens (including phenoxy) is 3. The van der Waals surface area contributed by atoms with Crippen molar-refractivity contribution in [3.05, 3.63) is 36.4 Å². The van der Waals surface area contributed by atoms with Crippen LogP contribution in [-0.2, 0) is 19.1 Å². The summed E-state index contributed by atoms with van der Waals surface area (Å²) in [7, 11) is 1.60. The van der Waals surface area contributed by atoms with Crippen LogP contribution < -0.4 is 9.64 Å². The molecule has 1 aromatic rings. The van der Waals surface area contributed by atoms with Gasteiger partial charge in [-0.1, -0.05) is 31.9 Å². The molecule has 144 valence electrons. The minimum Gasteiger partial charge on any atom is -0.497 e. The number of amides is 1. The van der Waals surface area contributed by atoms with Gasteiger partial charge in [0.2, 0.25) is 5.91 Å². The highest BCUT2D eigenvalue weighted by Crippen LogP contribution is 2.52. The number of carbonyl (C=O) groups excluding carboxylic acids is 2. The molecule has 2 saturated heterocycles. The molecule has 2 bridgehead atoms. The fraction of sp³-hybridized carbons (Fsp3) is 0.524. The quantitative estimate of drug-likeness (QED) is 0.419. The molecular formula is C21H25NO5. The number of rotatable bonds is 7. The molecule has 0 radical (unpaired) electrons. The molecule has 0 N–H and O–H groups in total. The Labute approximate surface area is 159 Å².